The molecule has 0 radical (unpaired) electrons. The SMILES string of the molecule is N#Cc1cnc(Nc2cc(F)ccc2F)c(N)c1. The van der Waals surface area contributed by atoms with Gasteiger partial charge in [-0.15, -0.1) is 0 Å². The van der Waals surface area contributed by atoms with Gasteiger partial charge in [0.2, 0.25) is 0 Å². The molecule has 0 atom stereocenters. The zero-order valence-corrected chi connectivity index (χ0v) is 9.11. The molecule has 0 aliphatic rings. The maximum absolute atomic E-state index is 13.4. The highest BCUT2D eigenvalue weighted by molar-refractivity contribution is 5.69. The quantitative estimate of drug-likeness (QED) is 0.853. The van der Waals surface area contributed by atoms with Gasteiger partial charge < -0.3 is 11.1 Å². The molecular weight excluding hydrogens is 238 g/mol. The van der Waals surface area contributed by atoms with Crippen molar-refractivity contribution in [1.29, 1.82) is 5.26 Å². The third kappa shape index (κ3) is 2.35. The predicted octanol–water partition coefficient (Wildman–Crippen LogP) is 2.56. The molecule has 2 rings (SSSR count). The number of benzene rings is 1. The number of pyridine rings is 1. The average Bonchev–Trinajstić information content (AvgIpc) is 2.36. The maximum atomic E-state index is 13.4. The Morgan fingerprint density at radius 2 is 2.06 bits per heavy atom. The van der Waals surface area contributed by atoms with Crippen LogP contribution in [0, 0.1) is 23.0 Å². The molecule has 6 heteroatoms. The number of nitrogen functional groups attached to an aromatic ring is 1. The molecule has 1 heterocycles. The summed E-state index contributed by atoms with van der Waals surface area (Å²) >= 11 is 0. The first-order valence-corrected chi connectivity index (χ1v) is 4.98. The maximum Gasteiger partial charge on any atom is 0.153 e. The van der Waals surface area contributed by atoms with Crippen LogP contribution in [-0.4, -0.2) is 4.98 Å². The average molecular weight is 246 g/mol. The monoisotopic (exact) mass is 246 g/mol. The van der Waals surface area contributed by atoms with Crippen LogP contribution in [0.25, 0.3) is 0 Å². The van der Waals surface area contributed by atoms with Crippen molar-refractivity contribution in [3.8, 4) is 6.07 Å². The van der Waals surface area contributed by atoms with E-state index in [2.05, 4.69) is 10.3 Å². The number of aromatic nitrogens is 1. The zero-order valence-electron chi connectivity index (χ0n) is 9.11. The molecule has 2 aromatic rings. The highest BCUT2D eigenvalue weighted by Gasteiger charge is 2.07. The lowest BCUT2D eigenvalue weighted by atomic mass is 10.2. The molecule has 0 saturated heterocycles. The van der Waals surface area contributed by atoms with E-state index in [-0.39, 0.29) is 22.8 Å². The Kier molecular flexibility index (Phi) is 3.06. The Bertz CT molecular complexity index is 634. The second kappa shape index (κ2) is 4.67. The highest BCUT2D eigenvalue weighted by atomic mass is 19.1. The van der Waals surface area contributed by atoms with Gasteiger partial charge in [0.05, 0.1) is 16.9 Å². The van der Waals surface area contributed by atoms with Crippen molar-refractivity contribution in [2.24, 2.45) is 0 Å². The van der Waals surface area contributed by atoms with Gasteiger partial charge in [0, 0.05) is 12.3 Å². The smallest absolute Gasteiger partial charge is 0.153 e. The Morgan fingerprint density at radius 1 is 1.28 bits per heavy atom. The van der Waals surface area contributed by atoms with Crippen LogP contribution in [-0.2, 0) is 0 Å². The van der Waals surface area contributed by atoms with Crippen LogP contribution < -0.4 is 11.1 Å². The first-order chi connectivity index (χ1) is 8.60. The largest absolute Gasteiger partial charge is 0.396 e. The topological polar surface area (TPSA) is 74.7 Å². The van der Waals surface area contributed by atoms with E-state index in [1.807, 2.05) is 6.07 Å². The first-order valence-electron chi connectivity index (χ1n) is 4.98. The third-order valence-corrected chi connectivity index (χ3v) is 2.23. The van der Waals surface area contributed by atoms with Gasteiger partial charge in [0.1, 0.15) is 17.7 Å². The minimum atomic E-state index is -0.623. The minimum Gasteiger partial charge on any atom is -0.396 e. The molecule has 0 unspecified atom stereocenters. The standard InChI is InChI=1S/C12H8F2N4/c13-8-1-2-9(14)11(4-8)18-12-10(16)3-7(5-15)6-17-12/h1-4,6H,16H2,(H,17,18). The predicted molar refractivity (Wildman–Crippen MR) is 63.0 cm³/mol. The van der Waals surface area contributed by atoms with Crippen molar-refractivity contribution in [3.63, 3.8) is 0 Å². The Morgan fingerprint density at radius 3 is 2.72 bits per heavy atom. The van der Waals surface area contributed by atoms with Crippen molar-refractivity contribution in [3.05, 3.63) is 47.7 Å². The molecule has 0 aliphatic heterocycles. The van der Waals surface area contributed by atoms with E-state index in [0.29, 0.717) is 0 Å². The van der Waals surface area contributed by atoms with Gasteiger partial charge in [0.25, 0.3) is 0 Å². The van der Waals surface area contributed by atoms with Gasteiger partial charge in [-0.25, -0.2) is 13.8 Å². The van der Waals surface area contributed by atoms with Gasteiger partial charge >= 0.3 is 0 Å². The lowest BCUT2D eigenvalue weighted by Crippen LogP contribution is -2.01. The third-order valence-electron chi connectivity index (χ3n) is 2.23. The van der Waals surface area contributed by atoms with Gasteiger partial charge in [-0.2, -0.15) is 5.26 Å². The molecule has 0 bridgehead atoms. The first kappa shape index (κ1) is 11.8. The number of nitriles is 1. The molecule has 1 aromatic heterocycles. The van der Waals surface area contributed by atoms with Crippen molar-refractivity contribution < 1.29 is 8.78 Å². The molecule has 0 amide bonds. The number of nitrogens with two attached hydrogens (primary N) is 1. The van der Waals surface area contributed by atoms with Crippen LogP contribution in [0.15, 0.2) is 30.5 Å². The molecule has 0 saturated carbocycles. The van der Waals surface area contributed by atoms with Crippen LogP contribution >= 0.6 is 0 Å². The Hall–Kier alpha value is -2.68. The van der Waals surface area contributed by atoms with Crippen LogP contribution in [0.1, 0.15) is 5.56 Å². The molecule has 90 valence electrons. The Labute approximate surface area is 102 Å². The summed E-state index contributed by atoms with van der Waals surface area (Å²) in [4.78, 5) is 3.87. The van der Waals surface area contributed by atoms with E-state index in [1.54, 1.807) is 0 Å². The summed E-state index contributed by atoms with van der Waals surface area (Å²) in [6.45, 7) is 0. The molecule has 0 fully saturated rings. The van der Waals surface area contributed by atoms with Crippen molar-refractivity contribution in [1.82, 2.24) is 4.98 Å². The summed E-state index contributed by atoms with van der Waals surface area (Å²) in [5, 5.41) is 11.2. The second-order valence-corrected chi connectivity index (χ2v) is 3.52. The van der Waals surface area contributed by atoms with E-state index in [9.17, 15) is 8.78 Å². The summed E-state index contributed by atoms with van der Waals surface area (Å²) in [5.41, 5.74) is 6.04. The molecule has 0 aliphatic carbocycles. The molecule has 1 aromatic carbocycles. The van der Waals surface area contributed by atoms with E-state index >= 15 is 0 Å². The normalized spacial score (nSPS) is 9.83. The van der Waals surface area contributed by atoms with Crippen LogP contribution in [0.2, 0.25) is 0 Å². The summed E-state index contributed by atoms with van der Waals surface area (Å²) < 4.78 is 26.4. The van der Waals surface area contributed by atoms with Gasteiger partial charge in [-0.3, -0.25) is 0 Å². The van der Waals surface area contributed by atoms with Gasteiger partial charge in [-0.05, 0) is 18.2 Å². The number of rotatable bonds is 2. The van der Waals surface area contributed by atoms with Gasteiger partial charge in [0.15, 0.2) is 5.82 Å². The number of anilines is 3. The van der Waals surface area contributed by atoms with Crippen LogP contribution in [0.3, 0.4) is 0 Å². The summed E-state index contributed by atoms with van der Waals surface area (Å²) in [5.74, 6) is -1.04. The van der Waals surface area contributed by atoms with E-state index in [1.165, 1.54) is 12.3 Å². The Balaban J connectivity index is 2.34. The van der Waals surface area contributed by atoms with Crippen LogP contribution in [0.5, 0.6) is 0 Å². The lowest BCUT2D eigenvalue weighted by Gasteiger charge is -2.09. The number of halogens is 2. The van der Waals surface area contributed by atoms with E-state index < -0.39 is 11.6 Å². The van der Waals surface area contributed by atoms with Crippen molar-refractivity contribution in [2.45, 2.75) is 0 Å². The fourth-order valence-corrected chi connectivity index (χ4v) is 1.37. The second-order valence-electron chi connectivity index (χ2n) is 3.52. The number of hydrogen-bond acceptors (Lipinski definition) is 4. The summed E-state index contributed by atoms with van der Waals surface area (Å²) in [7, 11) is 0. The summed E-state index contributed by atoms with van der Waals surface area (Å²) in [6, 6.07) is 6.27. The molecular formula is C12H8F2N4. The fraction of sp³-hybridized carbons (Fsp3) is 0. The number of hydrogen-bond donors (Lipinski definition) is 2. The molecule has 4 nitrogen and oxygen atoms in total. The van der Waals surface area contributed by atoms with Gasteiger partial charge in [-0.1, -0.05) is 0 Å². The highest BCUT2D eigenvalue weighted by Crippen LogP contribution is 2.23. The zero-order chi connectivity index (χ0) is 13.1. The lowest BCUT2D eigenvalue weighted by molar-refractivity contribution is 0.603. The van der Waals surface area contributed by atoms with E-state index in [0.717, 1.165) is 18.2 Å². The van der Waals surface area contributed by atoms with Crippen LogP contribution in [0.4, 0.5) is 26.0 Å². The number of nitrogens with one attached hydrogen (secondary N) is 1. The van der Waals surface area contributed by atoms with Crippen molar-refractivity contribution >= 4 is 17.2 Å². The minimum absolute atomic E-state index is 0.0705. The van der Waals surface area contributed by atoms with E-state index in [4.69, 9.17) is 11.0 Å². The fourth-order valence-electron chi connectivity index (χ4n) is 1.37. The molecule has 0 spiro atoms. The number of nitrogens with zero attached hydrogens (tertiary/aromatic N) is 2. The summed E-state index contributed by atoms with van der Waals surface area (Å²) in [6.07, 6.45) is 1.29. The van der Waals surface area contributed by atoms with Crippen molar-refractivity contribution in [2.75, 3.05) is 11.1 Å². The molecule has 18 heavy (non-hydrogen) atoms. The molecule has 3 N–H and O–H groups in total.